The minimum Gasteiger partial charge on any atom is -0.454 e. The second-order valence-corrected chi connectivity index (χ2v) is 13.0. The molecule has 3 saturated carbocycles. The summed E-state index contributed by atoms with van der Waals surface area (Å²) in [6.07, 6.45) is -10.5. The zero-order chi connectivity index (χ0) is 28.4. The average molecular weight is 541 g/mol. The number of esters is 4. The number of carbonyl (C=O) groups excluding carboxylic acids is 4. The van der Waals surface area contributed by atoms with Crippen molar-refractivity contribution in [3.05, 3.63) is 0 Å². The zero-order valence-corrected chi connectivity index (χ0v) is 22.3. The standard InChI is InChI=1S/C26H36O12/c1-21(2)23(5)7-9-25(21,37-17(23)31)19(33)35-15-12(28)11(27)13(29)16(14(15)30)36-20(34)26-10-8-24(6,18(32)38-26)22(26,3)4/h11-16,27-30H,7-10H2,1-6H3/t11?,12-,13+,14?,15-,16-,23+,24+,25-,26-/m1/s1. The van der Waals surface area contributed by atoms with Crippen LogP contribution in [0.4, 0.5) is 0 Å². The van der Waals surface area contributed by atoms with Gasteiger partial charge in [-0.05, 0) is 39.5 Å². The van der Waals surface area contributed by atoms with Crippen molar-refractivity contribution >= 4 is 23.9 Å². The summed E-state index contributed by atoms with van der Waals surface area (Å²) in [5.41, 5.74) is -7.19. The summed E-state index contributed by atoms with van der Waals surface area (Å²) >= 11 is 0. The van der Waals surface area contributed by atoms with Gasteiger partial charge in [0.15, 0.2) is 12.2 Å². The molecular formula is C26H36O12. The minimum atomic E-state index is -1.97. The van der Waals surface area contributed by atoms with E-state index in [9.17, 15) is 39.6 Å². The number of hydrogen-bond donors (Lipinski definition) is 4. The van der Waals surface area contributed by atoms with Crippen molar-refractivity contribution in [3.63, 3.8) is 0 Å². The first-order chi connectivity index (χ1) is 17.3. The van der Waals surface area contributed by atoms with Crippen LogP contribution in [0.25, 0.3) is 0 Å². The third kappa shape index (κ3) is 2.79. The van der Waals surface area contributed by atoms with Crippen LogP contribution >= 0.6 is 0 Å². The molecule has 5 fully saturated rings. The summed E-state index contributed by atoms with van der Waals surface area (Å²) in [6, 6.07) is 0. The topological polar surface area (TPSA) is 186 Å². The van der Waals surface area contributed by atoms with E-state index in [-0.39, 0.29) is 12.8 Å². The Bertz CT molecular complexity index is 1030. The molecule has 38 heavy (non-hydrogen) atoms. The van der Waals surface area contributed by atoms with Gasteiger partial charge in [0, 0.05) is 10.8 Å². The molecule has 0 amide bonds. The maximum absolute atomic E-state index is 13.4. The number of fused-ring (bicyclic) bond motifs is 4. The molecule has 5 rings (SSSR count). The fourth-order valence-corrected chi connectivity index (χ4v) is 7.30. The first kappa shape index (κ1) is 27.3. The Morgan fingerprint density at radius 3 is 1.24 bits per heavy atom. The van der Waals surface area contributed by atoms with E-state index in [2.05, 4.69) is 0 Å². The molecule has 0 radical (unpaired) electrons. The Labute approximate surface area is 219 Å². The lowest BCUT2D eigenvalue weighted by Gasteiger charge is -2.45. The van der Waals surface area contributed by atoms with Crippen LogP contribution in [0.5, 0.6) is 0 Å². The lowest BCUT2D eigenvalue weighted by Crippen LogP contribution is -2.67. The third-order valence-corrected chi connectivity index (χ3v) is 11.4. The van der Waals surface area contributed by atoms with Gasteiger partial charge in [-0.1, -0.05) is 27.7 Å². The van der Waals surface area contributed by atoms with E-state index < -0.39 is 93.4 Å². The van der Waals surface area contributed by atoms with Gasteiger partial charge in [-0.25, -0.2) is 9.59 Å². The van der Waals surface area contributed by atoms with Crippen molar-refractivity contribution in [3.8, 4) is 0 Å². The van der Waals surface area contributed by atoms with Crippen LogP contribution in [0.1, 0.15) is 67.2 Å². The first-order valence-corrected chi connectivity index (χ1v) is 13.0. The summed E-state index contributed by atoms with van der Waals surface area (Å²) in [7, 11) is 0. The molecule has 4 N–H and O–H groups in total. The molecule has 0 aromatic heterocycles. The van der Waals surface area contributed by atoms with Gasteiger partial charge in [0.2, 0.25) is 11.2 Å². The molecule has 12 nitrogen and oxygen atoms in total. The Kier molecular flexibility index (Phi) is 5.51. The largest absolute Gasteiger partial charge is 0.454 e. The molecule has 0 aromatic rings. The number of hydrogen-bond acceptors (Lipinski definition) is 12. The first-order valence-electron chi connectivity index (χ1n) is 13.0. The fourth-order valence-electron chi connectivity index (χ4n) is 7.30. The van der Waals surface area contributed by atoms with Crippen LogP contribution in [0.2, 0.25) is 0 Å². The van der Waals surface area contributed by atoms with E-state index in [1.807, 2.05) is 0 Å². The maximum Gasteiger partial charge on any atom is 0.351 e. The number of ether oxygens (including phenoxy) is 4. The molecular weight excluding hydrogens is 504 g/mol. The molecule has 4 bridgehead atoms. The third-order valence-electron chi connectivity index (χ3n) is 11.4. The smallest absolute Gasteiger partial charge is 0.351 e. The SMILES string of the molecule is CC1(C)[C@@]2(C)CC[C@]1(C(=O)O[C@H]1C(O)[C@H](OC(=O)[C@@]34CC[C@@](C)(C(=O)O3)C4(C)C)[C@@H](O)C(O)[C@H]1O)OC2=O. The molecule has 2 saturated heterocycles. The normalized spacial score (nSPS) is 49.9. The average Bonchev–Trinajstić information content (AvgIpc) is 3.31. The Balaban J connectivity index is 1.39. The second kappa shape index (κ2) is 7.67. The van der Waals surface area contributed by atoms with E-state index in [1.165, 1.54) is 0 Å². The highest BCUT2D eigenvalue weighted by molar-refractivity contribution is 5.94. The molecule has 3 aliphatic carbocycles. The summed E-state index contributed by atoms with van der Waals surface area (Å²) in [5, 5.41) is 42.8. The molecule has 12 heteroatoms. The van der Waals surface area contributed by atoms with Gasteiger partial charge < -0.3 is 39.4 Å². The van der Waals surface area contributed by atoms with Crippen molar-refractivity contribution in [1.29, 1.82) is 0 Å². The quantitative estimate of drug-likeness (QED) is 0.265. The predicted molar refractivity (Wildman–Crippen MR) is 124 cm³/mol. The van der Waals surface area contributed by atoms with Gasteiger partial charge in [-0.15, -0.1) is 0 Å². The van der Waals surface area contributed by atoms with Crippen molar-refractivity contribution in [1.82, 2.24) is 0 Å². The number of aliphatic hydroxyl groups is 4. The molecule has 2 unspecified atom stereocenters. The zero-order valence-electron chi connectivity index (χ0n) is 22.3. The molecule has 2 heterocycles. The molecule has 0 spiro atoms. The van der Waals surface area contributed by atoms with E-state index in [0.29, 0.717) is 12.8 Å². The van der Waals surface area contributed by atoms with E-state index in [1.54, 1.807) is 41.5 Å². The monoisotopic (exact) mass is 540 g/mol. The van der Waals surface area contributed by atoms with Crippen molar-refractivity contribution in [2.24, 2.45) is 21.7 Å². The van der Waals surface area contributed by atoms with Crippen LogP contribution in [-0.4, -0.2) is 92.1 Å². The number of aliphatic hydroxyl groups excluding tert-OH is 4. The van der Waals surface area contributed by atoms with E-state index >= 15 is 0 Å². The Morgan fingerprint density at radius 1 is 0.632 bits per heavy atom. The lowest BCUT2D eigenvalue weighted by atomic mass is 9.66. The highest BCUT2D eigenvalue weighted by Gasteiger charge is 2.78. The second-order valence-electron chi connectivity index (χ2n) is 13.0. The molecule has 0 aromatic carbocycles. The summed E-state index contributed by atoms with van der Waals surface area (Å²) in [5.74, 6) is -3.17. The van der Waals surface area contributed by atoms with Crippen molar-refractivity contribution < 1.29 is 58.6 Å². The Hall–Kier alpha value is -2.28. The molecule has 10 atom stereocenters. The van der Waals surface area contributed by atoms with Gasteiger partial charge in [-0.2, -0.15) is 0 Å². The maximum atomic E-state index is 13.4. The summed E-state index contributed by atoms with van der Waals surface area (Å²) < 4.78 is 21.9. The lowest BCUT2D eigenvalue weighted by molar-refractivity contribution is -0.253. The van der Waals surface area contributed by atoms with Crippen LogP contribution in [0.15, 0.2) is 0 Å². The van der Waals surface area contributed by atoms with Crippen molar-refractivity contribution in [2.45, 2.75) is 115 Å². The highest BCUT2D eigenvalue weighted by atomic mass is 16.6. The van der Waals surface area contributed by atoms with Gasteiger partial charge in [-0.3, -0.25) is 9.59 Å². The minimum absolute atomic E-state index is 0.158. The number of carbonyl (C=O) groups is 4. The van der Waals surface area contributed by atoms with Crippen LogP contribution in [0.3, 0.4) is 0 Å². The molecule has 2 aliphatic heterocycles. The van der Waals surface area contributed by atoms with Crippen LogP contribution in [-0.2, 0) is 38.1 Å². The van der Waals surface area contributed by atoms with Gasteiger partial charge >= 0.3 is 23.9 Å². The molecule has 5 aliphatic rings. The predicted octanol–water partition coefficient (Wildman–Crippen LogP) is -0.489. The van der Waals surface area contributed by atoms with Crippen LogP contribution in [0, 0.1) is 21.7 Å². The summed E-state index contributed by atoms with van der Waals surface area (Å²) in [6.45, 7) is 10.2. The van der Waals surface area contributed by atoms with E-state index in [0.717, 1.165) is 0 Å². The van der Waals surface area contributed by atoms with Crippen molar-refractivity contribution in [2.75, 3.05) is 0 Å². The van der Waals surface area contributed by atoms with E-state index in [4.69, 9.17) is 18.9 Å². The highest BCUT2D eigenvalue weighted by Crippen LogP contribution is 2.67. The van der Waals surface area contributed by atoms with Crippen LogP contribution < -0.4 is 0 Å². The van der Waals surface area contributed by atoms with Gasteiger partial charge in [0.1, 0.15) is 24.4 Å². The Morgan fingerprint density at radius 2 is 0.974 bits per heavy atom. The van der Waals surface area contributed by atoms with Gasteiger partial charge in [0.25, 0.3) is 0 Å². The van der Waals surface area contributed by atoms with Gasteiger partial charge in [0.05, 0.1) is 10.8 Å². The number of rotatable bonds is 4. The molecule has 212 valence electrons. The fraction of sp³-hybridized carbons (Fsp3) is 0.846. The summed E-state index contributed by atoms with van der Waals surface area (Å²) in [4.78, 5) is 52.0.